The van der Waals surface area contributed by atoms with Crippen LogP contribution in [-0.4, -0.2) is 49.0 Å². The topological polar surface area (TPSA) is 35.6 Å². The maximum atomic E-state index is 11.8. The molecule has 0 unspecified atom stereocenters. The number of halogens is 2. The second kappa shape index (κ2) is 7.09. The Morgan fingerprint density at radius 1 is 1.20 bits per heavy atom. The third-order valence-corrected chi connectivity index (χ3v) is 3.88. The van der Waals surface area contributed by atoms with Crippen molar-refractivity contribution in [2.24, 2.45) is 0 Å². The molecule has 1 saturated heterocycles. The summed E-state index contributed by atoms with van der Waals surface area (Å²) in [6, 6.07) is 5.25. The highest BCUT2D eigenvalue weighted by molar-refractivity contribution is 6.42. The Labute approximate surface area is 128 Å². The molecule has 6 heteroatoms. The monoisotopic (exact) mass is 313 g/mol. The Balaban J connectivity index is 1.87. The summed E-state index contributed by atoms with van der Waals surface area (Å²) >= 11 is 11.8. The number of hydrogen-bond donors (Lipinski definition) is 1. The number of nitrogens with zero attached hydrogens (tertiary/aromatic N) is 2. The van der Waals surface area contributed by atoms with Crippen LogP contribution in [0.1, 0.15) is 5.56 Å². The summed E-state index contributed by atoms with van der Waals surface area (Å²) in [5, 5.41) is 2.92. The van der Waals surface area contributed by atoms with Crippen LogP contribution in [0.3, 0.4) is 0 Å². The number of amides is 1. The van der Waals surface area contributed by atoms with E-state index < -0.39 is 0 Å². The van der Waals surface area contributed by atoms with Crippen LogP contribution in [0, 0.1) is 0 Å². The maximum Gasteiger partial charge on any atom is 0.258 e. The first-order valence-electron chi connectivity index (χ1n) is 6.42. The van der Waals surface area contributed by atoms with Crippen molar-refractivity contribution in [3.05, 3.63) is 39.9 Å². The molecule has 1 aromatic rings. The van der Waals surface area contributed by atoms with Gasteiger partial charge in [0.25, 0.3) is 5.91 Å². The minimum absolute atomic E-state index is 0.138. The van der Waals surface area contributed by atoms with Crippen LogP contribution in [0.5, 0.6) is 0 Å². The van der Waals surface area contributed by atoms with Crippen molar-refractivity contribution in [3.63, 3.8) is 0 Å². The van der Waals surface area contributed by atoms with E-state index in [-0.39, 0.29) is 5.91 Å². The lowest BCUT2D eigenvalue weighted by atomic mass is 10.2. The summed E-state index contributed by atoms with van der Waals surface area (Å²) < 4.78 is 0. The average Bonchev–Trinajstić information content (AvgIpc) is 2.43. The van der Waals surface area contributed by atoms with Gasteiger partial charge in [0.2, 0.25) is 0 Å². The second-order valence-electron chi connectivity index (χ2n) is 4.77. The van der Waals surface area contributed by atoms with Gasteiger partial charge in [0.15, 0.2) is 0 Å². The summed E-state index contributed by atoms with van der Waals surface area (Å²) in [5.74, 6) is -0.138. The molecule has 1 fully saturated rings. The standard InChI is InChI=1S/C14H17Cl2N3O/c1-18-6-8-19(9-7-18)17-14(20)5-3-11-2-4-12(15)13(16)10-11/h2-5,10H,6-9H2,1H3,(H,17,20). The molecule has 1 N–H and O–H groups in total. The number of hydrogen-bond acceptors (Lipinski definition) is 3. The highest BCUT2D eigenvalue weighted by atomic mass is 35.5. The van der Waals surface area contributed by atoms with Gasteiger partial charge in [-0.05, 0) is 30.8 Å². The lowest BCUT2D eigenvalue weighted by Crippen LogP contribution is -2.52. The van der Waals surface area contributed by atoms with Gasteiger partial charge in [-0.15, -0.1) is 0 Å². The molecule has 4 nitrogen and oxygen atoms in total. The van der Waals surface area contributed by atoms with Crippen molar-refractivity contribution in [3.8, 4) is 0 Å². The number of likely N-dealkylation sites (N-methyl/N-ethyl adjacent to an activating group) is 1. The lowest BCUT2D eigenvalue weighted by Gasteiger charge is -2.31. The van der Waals surface area contributed by atoms with E-state index in [9.17, 15) is 4.79 Å². The molecule has 0 aliphatic carbocycles. The van der Waals surface area contributed by atoms with E-state index in [1.54, 1.807) is 18.2 Å². The average molecular weight is 314 g/mol. The van der Waals surface area contributed by atoms with Crippen LogP contribution < -0.4 is 5.43 Å². The molecule has 0 saturated carbocycles. The van der Waals surface area contributed by atoms with Crippen LogP contribution in [0.2, 0.25) is 10.0 Å². The van der Waals surface area contributed by atoms with Crippen LogP contribution in [0.15, 0.2) is 24.3 Å². The third-order valence-electron chi connectivity index (χ3n) is 3.14. The highest BCUT2D eigenvalue weighted by Crippen LogP contribution is 2.23. The minimum atomic E-state index is -0.138. The Hall–Kier alpha value is -1.07. The Kier molecular flexibility index (Phi) is 5.43. The molecule has 1 aromatic carbocycles. The van der Waals surface area contributed by atoms with E-state index >= 15 is 0 Å². The SMILES string of the molecule is CN1CCN(NC(=O)C=Cc2ccc(Cl)c(Cl)c2)CC1. The van der Waals surface area contributed by atoms with Gasteiger partial charge in [-0.3, -0.25) is 10.2 Å². The predicted octanol–water partition coefficient (Wildman–Crippen LogP) is 2.29. The molecule has 1 aliphatic rings. The van der Waals surface area contributed by atoms with Gasteiger partial charge < -0.3 is 4.90 Å². The second-order valence-corrected chi connectivity index (χ2v) is 5.59. The summed E-state index contributed by atoms with van der Waals surface area (Å²) in [6.45, 7) is 3.58. The molecule has 1 heterocycles. The number of hydrazine groups is 1. The van der Waals surface area contributed by atoms with E-state index in [1.165, 1.54) is 6.08 Å². The third kappa shape index (κ3) is 4.49. The molecule has 1 amide bonds. The van der Waals surface area contributed by atoms with Crippen LogP contribution in [-0.2, 0) is 4.79 Å². The first kappa shape index (κ1) is 15.3. The van der Waals surface area contributed by atoms with Crippen molar-refractivity contribution in [1.82, 2.24) is 15.3 Å². The van der Waals surface area contributed by atoms with E-state index in [2.05, 4.69) is 17.4 Å². The smallest absolute Gasteiger partial charge is 0.258 e. The zero-order chi connectivity index (χ0) is 14.5. The summed E-state index contributed by atoms with van der Waals surface area (Å²) in [6.07, 6.45) is 3.21. The van der Waals surface area contributed by atoms with Crippen molar-refractivity contribution in [2.75, 3.05) is 33.2 Å². The first-order valence-corrected chi connectivity index (χ1v) is 7.17. The molecular formula is C14H17Cl2N3O. The molecule has 0 bridgehead atoms. The van der Waals surface area contributed by atoms with Crippen LogP contribution in [0.4, 0.5) is 0 Å². The molecule has 0 atom stereocenters. The minimum Gasteiger partial charge on any atom is -0.304 e. The molecule has 0 aromatic heterocycles. The van der Waals surface area contributed by atoms with Crippen molar-refractivity contribution >= 4 is 35.2 Å². The fourth-order valence-electron chi connectivity index (χ4n) is 1.90. The number of nitrogens with one attached hydrogen (secondary N) is 1. The van der Waals surface area contributed by atoms with E-state index in [0.717, 1.165) is 31.7 Å². The molecule has 1 aliphatic heterocycles. The number of benzene rings is 1. The van der Waals surface area contributed by atoms with Crippen molar-refractivity contribution in [1.29, 1.82) is 0 Å². The molecule has 0 spiro atoms. The Morgan fingerprint density at radius 3 is 2.55 bits per heavy atom. The fraction of sp³-hybridized carbons (Fsp3) is 0.357. The van der Waals surface area contributed by atoms with Crippen molar-refractivity contribution < 1.29 is 4.79 Å². The summed E-state index contributed by atoms with van der Waals surface area (Å²) in [7, 11) is 2.07. The quantitative estimate of drug-likeness (QED) is 0.870. The van der Waals surface area contributed by atoms with E-state index in [4.69, 9.17) is 23.2 Å². The summed E-state index contributed by atoms with van der Waals surface area (Å²) in [5.41, 5.74) is 3.70. The predicted molar refractivity (Wildman–Crippen MR) is 82.7 cm³/mol. The van der Waals surface area contributed by atoms with Gasteiger partial charge >= 0.3 is 0 Å². The Morgan fingerprint density at radius 2 is 1.90 bits per heavy atom. The first-order chi connectivity index (χ1) is 9.54. The molecule has 20 heavy (non-hydrogen) atoms. The number of piperazine rings is 1. The van der Waals surface area contributed by atoms with Gasteiger partial charge in [0.1, 0.15) is 0 Å². The van der Waals surface area contributed by atoms with Gasteiger partial charge in [-0.25, -0.2) is 5.01 Å². The highest BCUT2D eigenvalue weighted by Gasteiger charge is 2.14. The van der Waals surface area contributed by atoms with E-state index in [0.29, 0.717) is 10.0 Å². The zero-order valence-corrected chi connectivity index (χ0v) is 12.8. The molecule has 108 valence electrons. The number of rotatable bonds is 3. The van der Waals surface area contributed by atoms with Crippen LogP contribution in [0.25, 0.3) is 6.08 Å². The summed E-state index contributed by atoms with van der Waals surface area (Å²) in [4.78, 5) is 14.0. The van der Waals surface area contributed by atoms with Gasteiger partial charge in [0, 0.05) is 32.3 Å². The Bertz CT molecular complexity index is 511. The zero-order valence-electron chi connectivity index (χ0n) is 11.3. The normalized spacial score (nSPS) is 17.6. The van der Waals surface area contributed by atoms with Gasteiger partial charge in [-0.2, -0.15) is 0 Å². The number of carbonyl (C=O) groups excluding carboxylic acids is 1. The molecular weight excluding hydrogens is 297 g/mol. The largest absolute Gasteiger partial charge is 0.304 e. The van der Waals surface area contributed by atoms with Gasteiger partial charge in [-0.1, -0.05) is 29.3 Å². The fourth-order valence-corrected chi connectivity index (χ4v) is 2.21. The number of carbonyl (C=O) groups is 1. The van der Waals surface area contributed by atoms with Crippen LogP contribution >= 0.6 is 23.2 Å². The van der Waals surface area contributed by atoms with Gasteiger partial charge in [0.05, 0.1) is 10.0 Å². The van der Waals surface area contributed by atoms with Crippen molar-refractivity contribution in [2.45, 2.75) is 0 Å². The lowest BCUT2D eigenvalue weighted by molar-refractivity contribution is -0.121. The van der Waals surface area contributed by atoms with E-state index in [1.807, 2.05) is 11.1 Å². The molecule has 2 rings (SSSR count). The molecule has 0 radical (unpaired) electrons. The maximum absolute atomic E-state index is 11.8.